The lowest BCUT2D eigenvalue weighted by atomic mass is 10.0. The van der Waals surface area contributed by atoms with E-state index in [1.54, 1.807) is 0 Å². The molecular formula is C17H21NO. The number of benzene rings is 2. The third-order valence-corrected chi connectivity index (χ3v) is 3.20. The standard InChI is InChI=1S/C17H21NO/c1-12(2)15-6-4-5-7-16(15)19-17-10-13(3)8-9-14(17)11-18/h4-10,12H,11,18H2,1-3H3. The lowest BCUT2D eigenvalue weighted by Crippen LogP contribution is -2.01. The Morgan fingerprint density at radius 3 is 2.47 bits per heavy atom. The molecule has 2 nitrogen and oxygen atoms in total. The van der Waals surface area contributed by atoms with Gasteiger partial charge in [0.1, 0.15) is 11.5 Å². The van der Waals surface area contributed by atoms with Gasteiger partial charge in [0, 0.05) is 12.1 Å². The Labute approximate surface area is 115 Å². The maximum Gasteiger partial charge on any atom is 0.132 e. The van der Waals surface area contributed by atoms with Crippen molar-refractivity contribution >= 4 is 0 Å². The van der Waals surface area contributed by atoms with Crippen molar-refractivity contribution < 1.29 is 4.74 Å². The van der Waals surface area contributed by atoms with Crippen molar-refractivity contribution in [2.24, 2.45) is 5.73 Å². The predicted molar refractivity (Wildman–Crippen MR) is 79.7 cm³/mol. The molecule has 2 aromatic rings. The Morgan fingerprint density at radius 2 is 1.79 bits per heavy atom. The van der Waals surface area contributed by atoms with Crippen LogP contribution in [0.15, 0.2) is 42.5 Å². The van der Waals surface area contributed by atoms with Gasteiger partial charge in [-0.1, -0.05) is 44.2 Å². The molecule has 0 saturated carbocycles. The quantitative estimate of drug-likeness (QED) is 0.880. The minimum Gasteiger partial charge on any atom is -0.457 e. The molecule has 0 amide bonds. The van der Waals surface area contributed by atoms with E-state index in [-0.39, 0.29) is 0 Å². The molecule has 0 saturated heterocycles. The molecule has 0 radical (unpaired) electrons. The molecule has 19 heavy (non-hydrogen) atoms. The molecule has 0 aliphatic rings. The van der Waals surface area contributed by atoms with Crippen molar-refractivity contribution in [3.8, 4) is 11.5 Å². The van der Waals surface area contributed by atoms with Crippen LogP contribution < -0.4 is 10.5 Å². The maximum absolute atomic E-state index is 6.09. The average molecular weight is 255 g/mol. The van der Waals surface area contributed by atoms with Gasteiger partial charge in [0.2, 0.25) is 0 Å². The molecule has 2 N–H and O–H groups in total. The van der Waals surface area contributed by atoms with Gasteiger partial charge in [0.15, 0.2) is 0 Å². The lowest BCUT2D eigenvalue weighted by molar-refractivity contribution is 0.467. The number of hydrogen-bond acceptors (Lipinski definition) is 2. The molecule has 0 fully saturated rings. The van der Waals surface area contributed by atoms with Crippen LogP contribution in [0.2, 0.25) is 0 Å². The number of aryl methyl sites for hydroxylation is 1. The minimum atomic E-state index is 0.433. The smallest absolute Gasteiger partial charge is 0.132 e. The summed E-state index contributed by atoms with van der Waals surface area (Å²) in [5, 5.41) is 0. The number of para-hydroxylation sites is 1. The van der Waals surface area contributed by atoms with Gasteiger partial charge in [-0.05, 0) is 36.1 Å². The van der Waals surface area contributed by atoms with Crippen molar-refractivity contribution in [2.75, 3.05) is 0 Å². The first-order valence-electron chi connectivity index (χ1n) is 6.68. The molecule has 2 aromatic carbocycles. The van der Waals surface area contributed by atoms with Crippen molar-refractivity contribution in [1.82, 2.24) is 0 Å². The molecule has 0 spiro atoms. The van der Waals surface area contributed by atoms with E-state index in [1.165, 1.54) is 11.1 Å². The molecule has 0 aliphatic heterocycles. The van der Waals surface area contributed by atoms with Crippen LogP contribution in [-0.4, -0.2) is 0 Å². The maximum atomic E-state index is 6.09. The summed E-state index contributed by atoms with van der Waals surface area (Å²) in [6, 6.07) is 14.3. The summed E-state index contributed by atoms with van der Waals surface area (Å²) in [6.45, 7) is 6.88. The average Bonchev–Trinajstić information content (AvgIpc) is 2.39. The first-order chi connectivity index (χ1) is 9.11. The van der Waals surface area contributed by atoms with E-state index in [4.69, 9.17) is 10.5 Å². The van der Waals surface area contributed by atoms with Crippen molar-refractivity contribution in [2.45, 2.75) is 33.2 Å². The van der Waals surface area contributed by atoms with Gasteiger partial charge in [-0.15, -0.1) is 0 Å². The predicted octanol–water partition coefficient (Wildman–Crippen LogP) is 4.37. The summed E-state index contributed by atoms with van der Waals surface area (Å²) in [6.07, 6.45) is 0. The monoisotopic (exact) mass is 255 g/mol. The highest BCUT2D eigenvalue weighted by molar-refractivity contribution is 5.43. The Hall–Kier alpha value is -1.80. The first kappa shape index (κ1) is 13.6. The zero-order valence-corrected chi connectivity index (χ0v) is 11.8. The largest absolute Gasteiger partial charge is 0.457 e. The van der Waals surface area contributed by atoms with E-state index >= 15 is 0 Å². The minimum absolute atomic E-state index is 0.433. The van der Waals surface area contributed by atoms with Gasteiger partial charge in [0.05, 0.1) is 0 Å². The molecular weight excluding hydrogens is 234 g/mol. The van der Waals surface area contributed by atoms with Gasteiger partial charge in [0.25, 0.3) is 0 Å². The lowest BCUT2D eigenvalue weighted by Gasteiger charge is -2.16. The van der Waals surface area contributed by atoms with Gasteiger partial charge in [-0.2, -0.15) is 0 Å². The normalized spacial score (nSPS) is 10.8. The fourth-order valence-corrected chi connectivity index (χ4v) is 2.09. The van der Waals surface area contributed by atoms with Gasteiger partial charge in [-0.3, -0.25) is 0 Å². The fourth-order valence-electron chi connectivity index (χ4n) is 2.09. The van der Waals surface area contributed by atoms with E-state index in [2.05, 4.69) is 32.9 Å². The number of ether oxygens (including phenoxy) is 1. The van der Waals surface area contributed by atoms with Crippen LogP contribution >= 0.6 is 0 Å². The molecule has 0 atom stereocenters. The molecule has 0 heterocycles. The Morgan fingerprint density at radius 1 is 1.05 bits per heavy atom. The third kappa shape index (κ3) is 3.15. The summed E-state index contributed by atoms with van der Waals surface area (Å²) < 4.78 is 6.09. The first-order valence-corrected chi connectivity index (χ1v) is 6.68. The van der Waals surface area contributed by atoms with Gasteiger partial charge in [-0.25, -0.2) is 0 Å². The topological polar surface area (TPSA) is 35.2 Å². The highest BCUT2D eigenvalue weighted by Crippen LogP contribution is 2.32. The number of nitrogens with two attached hydrogens (primary N) is 1. The van der Waals surface area contributed by atoms with Crippen LogP contribution in [0, 0.1) is 6.92 Å². The van der Waals surface area contributed by atoms with Crippen LogP contribution in [0.4, 0.5) is 0 Å². The zero-order chi connectivity index (χ0) is 13.8. The molecule has 0 bridgehead atoms. The van der Waals surface area contributed by atoms with Crippen LogP contribution in [0.1, 0.15) is 36.5 Å². The fraction of sp³-hybridized carbons (Fsp3) is 0.294. The number of hydrogen-bond donors (Lipinski definition) is 1. The second-order valence-corrected chi connectivity index (χ2v) is 5.11. The van der Waals surface area contributed by atoms with E-state index in [1.807, 2.05) is 30.3 Å². The molecule has 2 rings (SSSR count). The van der Waals surface area contributed by atoms with Gasteiger partial charge < -0.3 is 10.5 Å². The third-order valence-electron chi connectivity index (χ3n) is 3.20. The van der Waals surface area contributed by atoms with E-state index in [0.717, 1.165) is 17.1 Å². The summed E-state index contributed by atoms with van der Waals surface area (Å²) in [4.78, 5) is 0. The highest BCUT2D eigenvalue weighted by Gasteiger charge is 2.10. The molecule has 0 aliphatic carbocycles. The summed E-state index contributed by atoms with van der Waals surface area (Å²) in [5.41, 5.74) is 9.19. The second-order valence-electron chi connectivity index (χ2n) is 5.11. The van der Waals surface area contributed by atoms with Gasteiger partial charge >= 0.3 is 0 Å². The molecule has 100 valence electrons. The van der Waals surface area contributed by atoms with E-state index in [0.29, 0.717) is 12.5 Å². The summed E-state index contributed by atoms with van der Waals surface area (Å²) in [5.74, 6) is 2.20. The Balaban J connectivity index is 2.38. The van der Waals surface area contributed by atoms with Crippen molar-refractivity contribution in [3.63, 3.8) is 0 Å². The highest BCUT2D eigenvalue weighted by atomic mass is 16.5. The SMILES string of the molecule is Cc1ccc(CN)c(Oc2ccccc2C(C)C)c1. The molecule has 2 heteroatoms. The summed E-state index contributed by atoms with van der Waals surface area (Å²) in [7, 11) is 0. The van der Waals surface area contributed by atoms with E-state index < -0.39 is 0 Å². The second kappa shape index (κ2) is 5.89. The zero-order valence-electron chi connectivity index (χ0n) is 11.8. The molecule has 0 aromatic heterocycles. The van der Waals surface area contributed by atoms with Crippen LogP contribution in [0.25, 0.3) is 0 Å². The molecule has 0 unspecified atom stereocenters. The van der Waals surface area contributed by atoms with Crippen LogP contribution in [-0.2, 0) is 6.54 Å². The van der Waals surface area contributed by atoms with Crippen molar-refractivity contribution in [1.29, 1.82) is 0 Å². The van der Waals surface area contributed by atoms with Crippen molar-refractivity contribution in [3.05, 3.63) is 59.2 Å². The Kier molecular flexibility index (Phi) is 4.23. The van der Waals surface area contributed by atoms with Crippen LogP contribution in [0.3, 0.4) is 0 Å². The Bertz CT molecular complexity index is 561. The number of rotatable bonds is 4. The van der Waals surface area contributed by atoms with E-state index in [9.17, 15) is 0 Å². The summed E-state index contributed by atoms with van der Waals surface area (Å²) >= 11 is 0. The van der Waals surface area contributed by atoms with Crippen LogP contribution in [0.5, 0.6) is 11.5 Å².